The molecular weight excluding hydrogens is 302 g/mol. The monoisotopic (exact) mass is 327 g/mol. The van der Waals surface area contributed by atoms with Crippen LogP contribution in [-0.2, 0) is 11.2 Å². The maximum atomic E-state index is 11.8. The number of halogens is 1. The number of aryl methyl sites for hydroxylation is 1. The molecule has 1 amide bonds. The van der Waals surface area contributed by atoms with Crippen LogP contribution < -0.4 is 15.4 Å². The maximum absolute atomic E-state index is 11.8. The van der Waals surface area contributed by atoms with Crippen LogP contribution in [0.2, 0.25) is 0 Å². The molecule has 1 aromatic carbocycles. The lowest BCUT2D eigenvalue weighted by Crippen LogP contribution is -2.46. The highest BCUT2D eigenvalue weighted by Crippen LogP contribution is 2.12. The van der Waals surface area contributed by atoms with E-state index in [1.54, 1.807) is 7.11 Å². The van der Waals surface area contributed by atoms with Crippen LogP contribution in [0, 0.1) is 0 Å². The fourth-order valence-electron chi connectivity index (χ4n) is 2.43. The van der Waals surface area contributed by atoms with E-state index in [0.717, 1.165) is 57.0 Å². The van der Waals surface area contributed by atoms with E-state index in [9.17, 15) is 4.79 Å². The molecule has 0 radical (unpaired) electrons. The van der Waals surface area contributed by atoms with Gasteiger partial charge in [0.05, 0.1) is 7.11 Å². The molecule has 1 aliphatic rings. The second-order valence-electron chi connectivity index (χ2n) is 5.29. The first-order valence-corrected chi connectivity index (χ1v) is 7.60. The molecule has 2 rings (SSSR count). The van der Waals surface area contributed by atoms with Crippen molar-refractivity contribution in [3.8, 4) is 5.75 Å². The zero-order valence-electron chi connectivity index (χ0n) is 13.1. The first-order chi connectivity index (χ1) is 10.3. The van der Waals surface area contributed by atoms with Gasteiger partial charge in [-0.25, -0.2) is 0 Å². The van der Waals surface area contributed by atoms with E-state index in [4.69, 9.17) is 4.74 Å². The van der Waals surface area contributed by atoms with E-state index in [1.165, 1.54) is 0 Å². The SMILES string of the molecule is COc1ccc(CCC(=O)NCCN2CCNCC2)cc1.Cl. The van der Waals surface area contributed by atoms with Crippen LogP contribution in [0.5, 0.6) is 5.75 Å². The Kier molecular flexibility index (Phi) is 8.89. The molecule has 0 bridgehead atoms. The second-order valence-corrected chi connectivity index (χ2v) is 5.29. The Morgan fingerprint density at radius 1 is 1.27 bits per heavy atom. The number of carbonyl (C=O) groups is 1. The lowest BCUT2D eigenvalue weighted by Gasteiger charge is -2.27. The number of nitrogens with one attached hydrogen (secondary N) is 2. The summed E-state index contributed by atoms with van der Waals surface area (Å²) in [5, 5.41) is 6.32. The molecule has 0 aliphatic carbocycles. The minimum Gasteiger partial charge on any atom is -0.497 e. The van der Waals surface area contributed by atoms with Gasteiger partial charge in [-0.05, 0) is 24.1 Å². The van der Waals surface area contributed by atoms with Gasteiger partial charge in [0.25, 0.3) is 0 Å². The van der Waals surface area contributed by atoms with Gasteiger partial charge < -0.3 is 15.4 Å². The third-order valence-electron chi connectivity index (χ3n) is 3.76. The van der Waals surface area contributed by atoms with E-state index < -0.39 is 0 Å². The zero-order valence-corrected chi connectivity index (χ0v) is 14.0. The Bertz CT molecular complexity index is 434. The van der Waals surface area contributed by atoms with Crippen LogP contribution in [0.4, 0.5) is 0 Å². The van der Waals surface area contributed by atoms with Crippen molar-refractivity contribution in [2.45, 2.75) is 12.8 Å². The standard InChI is InChI=1S/C16H25N3O2.ClH/c1-21-15-5-2-14(3-6-15)4-7-16(20)18-10-13-19-11-8-17-9-12-19;/h2-3,5-6,17H,4,7-13H2,1H3,(H,18,20);1H. The molecule has 124 valence electrons. The van der Waals surface area contributed by atoms with E-state index in [0.29, 0.717) is 6.42 Å². The summed E-state index contributed by atoms with van der Waals surface area (Å²) < 4.78 is 5.12. The molecule has 1 heterocycles. The minimum absolute atomic E-state index is 0. The fraction of sp³-hybridized carbons (Fsp3) is 0.562. The minimum atomic E-state index is 0. The van der Waals surface area contributed by atoms with Crippen LogP contribution in [0.3, 0.4) is 0 Å². The zero-order chi connectivity index (χ0) is 14.9. The Morgan fingerprint density at radius 2 is 1.95 bits per heavy atom. The molecule has 0 spiro atoms. The molecule has 1 fully saturated rings. The van der Waals surface area contributed by atoms with Crippen LogP contribution in [0.25, 0.3) is 0 Å². The summed E-state index contributed by atoms with van der Waals surface area (Å²) in [4.78, 5) is 14.2. The number of hydrogen-bond acceptors (Lipinski definition) is 4. The van der Waals surface area contributed by atoms with Crippen molar-refractivity contribution in [2.75, 3.05) is 46.4 Å². The topological polar surface area (TPSA) is 53.6 Å². The number of carbonyl (C=O) groups excluding carboxylic acids is 1. The van der Waals surface area contributed by atoms with Gasteiger partial charge in [-0.15, -0.1) is 12.4 Å². The number of methoxy groups -OCH3 is 1. The Labute approximate surface area is 138 Å². The van der Waals surface area contributed by atoms with E-state index in [2.05, 4.69) is 15.5 Å². The fourth-order valence-corrected chi connectivity index (χ4v) is 2.43. The third kappa shape index (κ3) is 6.64. The summed E-state index contributed by atoms with van der Waals surface area (Å²) >= 11 is 0. The number of rotatable bonds is 7. The highest BCUT2D eigenvalue weighted by molar-refractivity contribution is 5.85. The normalized spacial score (nSPS) is 15.0. The molecule has 5 nitrogen and oxygen atoms in total. The number of ether oxygens (including phenoxy) is 1. The van der Waals surface area contributed by atoms with Gasteiger partial charge in [0.1, 0.15) is 5.75 Å². The molecule has 1 saturated heterocycles. The molecule has 6 heteroatoms. The summed E-state index contributed by atoms with van der Waals surface area (Å²) in [5.74, 6) is 0.972. The summed E-state index contributed by atoms with van der Waals surface area (Å²) in [6, 6.07) is 7.87. The lowest BCUT2D eigenvalue weighted by molar-refractivity contribution is -0.121. The number of piperazine rings is 1. The van der Waals surface area contributed by atoms with Gasteiger partial charge in [-0.1, -0.05) is 12.1 Å². The van der Waals surface area contributed by atoms with Crippen molar-refractivity contribution < 1.29 is 9.53 Å². The van der Waals surface area contributed by atoms with E-state index >= 15 is 0 Å². The first-order valence-electron chi connectivity index (χ1n) is 7.60. The predicted molar refractivity (Wildman–Crippen MR) is 90.9 cm³/mol. The van der Waals surface area contributed by atoms with Gasteiger partial charge >= 0.3 is 0 Å². The van der Waals surface area contributed by atoms with Gasteiger partial charge in [0, 0.05) is 45.7 Å². The summed E-state index contributed by atoms with van der Waals surface area (Å²) in [5.41, 5.74) is 1.16. The Morgan fingerprint density at radius 3 is 2.59 bits per heavy atom. The van der Waals surface area contributed by atoms with Crippen molar-refractivity contribution in [1.82, 2.24) is 15.5 Å². The molecule has 0 saturated carbocycles. The Balaban J connectivity index is 0.00000242. The van der Waals surface area contributed by atoms with Gasteiger partial charge in [0.15, 0.2) is 0 Å². The first kappa shape index (κ1) is 18.7. The van der Waals surface area contributed by atoms with E-state index in [-0.39, 0.29) is 18.3 Å². The quantitative estimate of drug-likeness (QED) is 0.786. The molecule has 1 aromatic rings. The number of benzene rings is 1. The van der Waals surface area contributed by atoms with Crippen molar-refractivity contribution in [2.24, 2.45) is 0 Å². The Hall–Kier alpha value is -1.30. The molecular formula is C16H26ClN3O2. The predicted octanol–water partition coefficient (Wildman–Crippen LogP) is 1.07. The molecule has 1 aliphatic heterocycles. The number of amides is 1. The summed E-state index contributed by atoms with van der Waals surface area (Å²) in [6.45, 7) is 5.91. The molecule has 22 heavy (non-hydrogen) atoms. The molecule has 0 atom stereocenters. The molecule has 0 unspecified atom stereocenters. The maximum Gasteiger partial charge on any atom is 0.220 e. The highest BCUT2D eigenvalue weighted by Gasteiger charge is 2.09. The molecule has 2 N–H and O–H groups in total. The average molecular weight is 328 g/mol. The third-order valence-corrected chi connectivity index (χ3v) is 3.76. The highest BCUT2D eigenvalue weighted by atomic mass is 35.5. The van der Waals surface area contributed by atoms with Crippen molar-refractivity contribution in [1.29, 1.82) is 0 Å². The molecule has 0 aromatic heterocycles. The summed E-state index contributed by atoms with van der Waals surface area (Å²) in [6.07, 6.45) is 1.30. The average Bonchev–Trinajstić information content (AvgIpc) is 2.54. The van der Waals surface area contributed by atoms with E-state index in [1.807, 2.05) is 24.3 Å². The second kappa shape index (κ2) is 10.4. The van der Waals surface area contributed by atoms with Crippen LogP contribution in [0.1, 0.15) is 12.0 Å². The van der Waals surface area contributed by atoms with Crippen molar-refractivity contribution in [3.63, 3.8) is 0 Å². The van der Waals surface area contributed by atoms with Gasteiger partial charge in [0.2, 0.25) is 5.91 Å². The number of hydrogen-bond donors (Lipinski definition) is 2. The summed E-state index contributed by atoms with van der Waals surface area (Å²) in [7, 11) is 1.65. The lowest BCUT2D eigenvalue weighted by atomic mass is 10.1. The van der Waals surface area contributed by atoms with Gasteiger partial charge in [-0.2, -0.15) is 0 Å². The van der Waals surface area contributed by atoms with Crippen molar-refractivity contribution in [3.05, 3.63) is 29.8 Å². The van der Waals surface area contributed by atoms with Crippen LogP contribution in [0.15, 0.2) is 24.3 Å². The van der Waals surface area contributed by atoms with Crippen LogP contribution >= 0.6 is 12.4 Å². The van der Waals surface area contributed by atoms with Gasteiger partial charge in [-0.3, -0.25) is 9.69 Å². The van der Waals surface area contributed by atoms with Crippen LogP contribution in [-0.4, -0.2) is 57.2 Å². The number of nitrogens with zero attached hydrogens (tertiary/aromatic N) is 1. The van der Waals surface area contributed by atoms with Crippen molar-refractivity contribution >= 4 is 18.3 Å². The largest absolute Gasteiger partial charge is 0.497 e. The smallest absolute Gasteiger partial charge is 0.220 e.